The number of hydrogen-bond donors (Lipinski definition) is 3. The van der Waals surface area contributed by atoms with Crippen molar-refractivity contribution >= 4 is 55.7 Å². The van der Waals surface area contributed by atoms with E-state index < -0.39 is 85.1 Å². The number of thiazole rings is 1. The normalized spacial score (nSPS) is 22.2. The standard InChI is InChI=1S/C45H52F4N6O7S2/c1-10-25-20-44(25,41(58)54-64(59,60)43(8)13-14-43)53-38(56)33-18-29(21-55(33)40(57)37(42(5,6)7)50-28-16-26(45(47,48)49)15-27(46)17-28)62-35-19-31(39-52-32(22-63-39)23(2)3)51-36-24(4)34(61-9)12-11-30(35)36/h10-12,15-17,19,22-23,25,29,33,37,50H,1,13-14,18,20-21H2,2-9H3,(H,53,56)(H,54,58)/t25-,29-,33+,37-,44-/m1/s1. The van der Waals surface area contributed by atoms with Gasteiger partial charge in [-0.1, -0.05) is 40.7 Å². The molecule has 64 heavy (non-hydrogen) atoms. The van der Waals surface area contributed by atoms with Crippen molar-refractivity contribution < 1.29 is 49.8 Å². The van der Waals surface area contributed by atoms with Gasteiger partial charge in [0.2, 0.25) is 21.8 Å². The van der Waals surface area contributed by atoms with Crippen LogP contribution in [0.25, 0.3) is 21.6 Å². The molecule has 2 aliphatic carbocycles. The summed E-state index contributed by atoms with van der Waals surface area (Å²) in [6.45, 7) is 16.0. The number of pyridine rings is 1. The fraction of sp³-hybridized carbons (Fsp3) is 0.489. The van der Waals surface area contributed by atoms with Crippen LogP contribution in [0.4, 0.5) is 23.2 Å². The number of fused-ring (bicyclic) bond motifs is 1. The summed E-state index contributed by atoms with van der Waals surface area (Å²) in [6.07, 6.45) is -3.69. The lowest BCUT2D eigenvalue weighted by atomic mass is 9.85. The minimum absolute atomic E-state index is 0.0397. The van der Waals surface area contributed by atoms with Crippen molar-refractivity contribution in [3.63, 3.8) is 0 Å². The van der Waals surface area contributed by atoms with E-state index in [2.05, 4.69) is 21.9 Å². The van der Waals surface area contributed by atoms with Crippen LogP contribution in [0.2, 0.25) is 0 Å². The average Bonchev–Trinajstić information content (AvgIpc) is 3.99. The number of amides is 3. The molecule has 3 heterocycles. The molecule has 344 valence electrons. The number of methoxy groups -OCH3 is 1. The molecule has 5 atom stereocenters. The number of aryl methyl sites for hydroxylation is 1. The third kappa shape index (κ3) is 9.01. The highest BCUT2D eigenvalue weighted by Gasteiger charge is 2.63. The molecule has 2 saturated carbocycles. The van der Waals surface area contributed by atoms with E-state index in [0.29, 0.717) is 58.1 Å². The van der Waals surface area contributed by atoms with Gasteiger partial charge in [0, 0.05) is 40.4 Å². The van der Waals surface area contributed by atoms with Crippen molar-refractivity contribution in [1.82, 2.24) is 24.9 Å². The second-order valence-electron chi connectivity index (χ2n) is 18.6. The number of aromatic nitrogens is 2. The molecule has 0 bridgehead atoms. The maximum Gasteiger partial charge on any atom is 0.416 e. The predicted molar refractivity (Wildman–Crippen MR) is 235 cm³/mol. The van der Waals surface area contributed by atoms with E-state index in [1.54, 1.807) is 46.1 Å². The van der Waals surface area contributed by atoms with Crippen LogP contribution in [0.5, 0.6) is 11.5 Å². The number of hydrogen-bond acceptors (Lipinski definition) is 11. The average molecular weight is 929 g/mol. The lowest BCUT2D eigenvalue weighted by Gasteiger charge is -2.36. The molecule has 2 aromatic carbocycles. The van der Waals surface area contributed by atoms with Crippen LogP contribution in [-0.4, -0.2) is 83.1 Å². The van der Waals surface area contributed by atoms with Crippen LogP contribution in [0.1, 0.15) is 90.0 Å². The number of carbonyl (C=O) groups is 3. The van der Waals surface area contributed by atoms with Gasteiger partial charge in [0.05, 0.1) is 35.2 Å². The number of rotatable bonds is 14. The molecule has 3 amide bonds. The number of nitrogens with one attached hydrogen (secondary N) is 3. The molecule has 13 nitrogen and oxygen atoms in total. The Morgan fingerprint density at radius 3 is 2.34 bits per heavy atom. The van der Waals surface area contributed by atoms with Gasteiger partial charge in [-0.3, -0.25) is 19.1 Å². The Morgan fingerprint density at radius 1 is 1.06 bits per heavy atom. The number of sulfonamides is 1. The van der Waals surface area contributed by atoms with Crippen molar-refractivity contribution in [3.05, 3.63) is 77.1 Å². The lowest BCUT2D eigenvalue weighted by molar-refractivity contribution is -0.141. The maximum absolute atomic E-state index is 14.9. The van der Waals surface area contributed by atoms with Gasteiger partial charge < -0.3 is 25.0 Å². The smallest absolute Gasteiger partial charge is 0.416 e. The monoisotopic (exact) mass is 928 g/mol. The highest BCUT2D eigenvalue weighted by Crippen LogP contribution is 2.47. The van der Waals surface area contributed by atoms with Crippen molar-refractivity contribution in [2.24, 2.45) is 11.3 Å². The number of nitrogens with zero attached hydrogens (tertiary/aromatic N) is 3. The van der Waals surface area contributed by atoms with Crippen LogP contribution < -0.4 is 24.8 Å². The Kier molecular flexibility index (Phi) is 12.1. The minimum Gasteiger partial charge on any atom is -0.496 e. The second kappa shape index (κ2) is 16.6. The van der Waals surface area contributed by atoms with Gasteiger partial charge in [-0.15, -0.1) is 17.9 Å². The quantitative estimate of drug-likeness (QED) is 0.0836. The summed E-state index contributed by atoms with van der Waals surface area (Å²) < 4.78 is 95.7. The van der Waals surface area contributed by atoms with Crippen LogP contribution in [0.3, 0.4) is 0 Å². The lowest BCUT2D eigenvalue weighted by Crippen LogP contribution is -2.59. The second-order valence-corrected chi connectivity index (χ2v) is 21.6. The fourth-order valence-corrected chi connectivity index (χ4v) is 10.2. The molecule has 1 saturated heterocycles. The van der Waals surface area contributed by atoms with Crippen LogP contribution >= 0.6 is 11.3 Å². The Balaban J connectivity index is 1.27. The van der Waals surface area contributed by atoms with E-state index in [1.165, 1.54) is 29.2 Å². The zero-order valence-corrected chi connectivity index (χ0v) is 38.4. The molecule has 3 N–H and O–H groups in total. The van der Waals surface area contributed by atoms with Gasteiger partial charge in [-0.05, 0) is 74.8 Å². The van der Waals surface area contributed by atoms with Crippen molar-refractivity contribution in [2.75, 3.05) is 19.0 Å². The molecule has 0 spiro atoms. The first kappa shape index (κ1) is 46.7. The molecule has 19 heteroatoms. The van der Waals surface area contributed by atoms with Crippen molar-refractivity contribution in [1.29, 1.82) is 0 Å². The summed E-state index contributed by atoms with van der Waals surface area (Å²) in [4.78, 5) is 54.4. The predicted octanol–water partition coefficient (Wildman–Crippen LogP) is 7.89. The first-order valence-electron chi connectivity index (χ1n) is 20.9. The van der Waals surface area contributed by atoms with Crippen molar-refractivity contribution in [2.45, 2.75) is 115 Å². The number of benzene rings is 2. The van der Waals surface area contributed by atoms with E-state index in [-0.39, 0.29) is 31.0 Å². The number of ether oxygens (including phenoxy) is 2. The molecule has 7 rings (SSSR count). The molecule has 1 aliphatic heterocycles. The van der Waals surface area contributed by atoms with E-state index in [4.69, 9.17) is 19.4 Å². The molecule has 3 fully saturated rings. The largest absolute Gasteiger partial charge is 0.496 e. The number of alkyl halides is 3. The topological polar surface area (TPSA) is 169 Å². The molecular formula is C45H52F4N6O7S2. The van der Waals surface area contributed by atoms with Gasteiger partial charge >= 0.3 is 6.18 Å². The summed E-state index contributed by atoms with van der Waals surface area (Å²) in [7, 11) is -2.56. The Labute approximate surface area is 373 Å². The first-order chi connectivity index (χ1) is 29.8. The summed E-state index contributed by atoms with van der Waals surface area (Å²) >= 11 is 1.41. The van der Waals surface area contributed by atoms with Gasteiger partial charge in [-0.2, -0.15) is 13.2 Å². The summed E-state index contributed by atoms with van der Waals surface area (Å²) in [5, 5.41) is 8.76. The van der Waals surface area contributed by atoms with Gasteiger partial charge in [0.1, 0.15) is 51.7 Å². The number of carbonyl (C=O) groups excluding carboxylic acids is 3. The summed E-state index contributed by atoms with van der Waals surface area (Å²) in [5.74, 6) is -3.18. The van der Waals surface area contributed by atoms with Gasteiger partial charge in [-0.25, -0.2) is 22.8 Å². The Bertz CT molecular complexity index is 2640. The summed E-state index contributed by atoms with van der Waals surface area (Å²) in [5.41, 5.74) is -1.64. The molecule has 0 unspecified atom stereocenters. The zero-order chi connectivity index (χ0) is 46.9. The third-order valence-electron chi connectivity index (χ3n) is 12.4. The van der Waals surface area contributed by atoms with Crippen LogP contribution in [-0.2, 0) is 30.6 Å². The zero-order valence-electron chi connectivity index (χ0n) is 36.8. The van der Waals surface area contributed by atoms with Gasteiger partial charge in [0.15, 0.2) is 0 Å². The SMILES string of the molecule is C=C[C@@H]1C[C@]1(NC(=O)[C@@H]1C[C@@H](Oc2cc(-c3nc(C(C)C)cs3)nc3c(C)c(OC)ccc23)CN1C(=O)[C@@H](Nc1cc(F)cc(C(F)(F)F)c1)C(C)(C)C)C(=O)NS(=O)(=O)C1(C)CC1. The van der Waals surface area contributed by atoms with E-state index >= 15 is 0 Å². The molecule has 3 aliphatic rings. The number of likely N-dealkylation sites (tertiary alicyclic amines) is 1. The van der Waals surface area contributed by atoms with Crippen LogP contribution in [0.15, 0.2) is 54.4 Å². The number of halogens is 4. The molecule has 2 aromatic heterocycles. The number of anilines is 1. The summed E-state index contributed by atoms with van der Waals surface area (Å²) in [6, 6.07) is 4.52. The fourth-order valence-electron chi connectivity index (χ4n) is 7.97. The highest BCUT2D eigenvalue weighted by molar-refractivity contribution is 7.91. The first-order valence-corrected chi connectivity index (χ1v) is 23.2. The molecule has 0 radical (unpaired) electrons. The van der Waals surface area contributed by atoms with E-state index in [9.17, 15) is 40.4 Å². The van der Waals surface area contributed by atoms with Gasteiger partial charge in [0.25, 0.3) is 5.91 Å². The highest BCUT2D eigenvalue weighted by atomic mass is 32.2. The maximum atomic E-state index is 14.9. The minimum atomic E-state index is -4.89. The van der Waals surface area contributed by atoms with Crippen LogP contribution in [0, 0.1) is 24.1 Å². The Morgan fingerprint density at radius 2 is 1.77 bits per heavy atom. The molecular weight excluding hydrogens is 877 g/mol. The van der Waals surface area contributed by atoms with E-state index in [0.717, 1.165) is 17.3 Å². The third-order valence-corrected chi connectivity index (χ3v) is 15.4. The van der Waals surface area contributed by atoms with E-state index in [1.807, 2.05) is 26.2 Å². The Hall–Kier alpha value is -5.30. The van der Waals surface area contributed by atoms with Crippen molar-refractivity contribution in [3.8, 4) is 22.2 Å². The molecule has 4 aromatic rings.